The second-order valence-corrected chi connectivity index (χ2v) is 3.54. The first-order valence-corrected chi connectivity index (χ1v) is 4.67. The van der Waals surface area contributed by atoms with Crippen molar-refractivity contribution in [1.82, 2.24) is 15.0 Å². The van der Waals surface area contributed by atoms with Crippen molar-refractivity contribution in [1.29, 1.82) is 0 Å². The summed E-state index contributed by atoms with van der Waals surface area (Å²) in [7, 11) is 0. The number of rotatable bonds is 3. The molecule has 0 amide bonds. The first-order valence-electron chi connectivity index (χ1n) is 4.67. The fourth-order valence-corrected chi connectivity index (χ4v) is 1.57. The van der Waals surface area contributed by atoms with Gasteiger partial charge in [-0.1, -0.05) is 5.21 Å². The Morgan fingerprint density at radius 1 is 1.54 bits per heavy atom. The molecule has 2 atom stereocenters. The largest absolute Gasteiger partial charge is 0.330 e. The van der Waals surface area contributed by atoms with Crippen molar-refractivity contribution in [3.8, 4) is 0 Å². The lowest BCUT2D eigenvalue weighted by Gasteiger charge is -2.32. The number of aromatic nitrogens is 3. The predicted octanol–water partition coefficient (Wildman–Crippen LogP) is -0.558. The topological polar surface area (TPSA) is 82.8 Å². The van der Waals surface area contributed by atoms with Gasteiger partial charge in [-0.15, -0.1) is 5.10 Å². The van der Waals surface area contributed by atoms with Crippen LogP contribution in [0.5, 0.6) is 0 Å². The molecule has 1 aromatic heterocycles. The van der Waals surface area contributed by atoms with Gasteiger partial charge >= 0.3 is 0 Å². The Bertz CT molecular complexity index is 282. The molecule has 1 heterocycles. The van der Waals surface area contributed by atoms with Gasteiger partial charge in [0.05, 0.1) is 11.7 Å². The maximum atomic E-state index is 5.82. The Labute approximate surface area is 77.1 Å². The van der Waals surface area contributed by atoms with Gasteiger partial charge < -0.3 is 11.5 Å². The molecule has 0 aromatic carbocycles. The first kappa shape index (κ1) is 8.65. The van der Waals surface area contributed by atoms with Crippen LogP contribution in [0, 0.1) is 0 Å². The average Bonchev–Trinajstić information content (AvgIpc) is 2.51. The molecule has 72 valence electrons. The third kappa shape index (κ3) is 1.57. The fraction of sp³-hybridized carbons (Fsp3) is 0.750. The minimum atomic E-state index is 0.257. The summed E-state index contributed by atoms with van der Waals surface area (Å²) >= 11 is 0. The van der Waals surface area contributed by atoms with Crippen molar-refractivity contribution in [2.45, 2.75) is 31.3 Å². The summed E-state index contributed by atoms with van der Waals surface area (Å²) in [6, 6.07) is 0.617. The van der Waals surface area contributed by atoms with Crippen molar-refractivity contribution in [2.24, 2.45) is 11.5 Å². The summed E-state index contributed by atoms with van der Waals surface area (Å²) < 4.78 is 1.87. The Morgan fingerprint density at radius 3 is 2.92 bits per heavy atom. The predicted molar refractivity (Wildman–Crippen MR) is 49.0 cm³/mol. The van der Waals surface area contributed by atoms with E-state index in [4.69, 9.17) is 11.5 Å². The normalized spacial score (nSPS) is 27.2. The van der Waals surface area contributed by atoms with Crippen LogP contribution in [0.2, 0.25) is 0 Å². The van der Waals surface area contributed by atoms with E-state index in [1.807, 2.05) is 10.9 Å². The SMILES string of the molecule is NCCc1cn(C2CCC2N)nn1. The Morgan fingerprint density at radius 2 is 2.38 bits per heavy atom. The minimum Gasteiger partial charge on any atom is -0.330 e. The lowest BCUT2D eigenvalue weighted by Crippen LogP contribution is -2.41. The number of hydrogen-bond donors (Lipinski definition) is 2. The van der Waals surface area contributed by atoms with E-state index in [1.54, 1.807) is 0 Å². The Hall–Kier alpha value is -0.940. The van der Waals surface area contributed by atoms with Crippen LogP contribution in [0.1, 0.15) is 24.6 Å². The van der Waals surface area contributed by atoms with Crippen LogP contribution in [0.4, 0.5) is 0 Å². The molecule has 1 aliphatic rings. The molecule has 1 fully saturated rings. The van der Waals surface area contributed by atoms with E-state index in [1.165, 1.54) is 0 Å². The summed E-state index contributed by atoms with van der Waals surface area (Å²) in [6.07, 6.45) is 4.96. The van der Waals surface area contributed by atoms with Gasteiger partial charge in [0.15, 0.2) is 0 Å². The third-order valence-electron chi connectivity index (χ3n) is 2.59. The van der Waals surface area contributed by atoms with E-state index in [0.29, 0.717) is 12.6 Å². The van der Waals surface area contributed by atoms with Crippen LogP contribution in [-0.4, -0.2) is 27.6 Å². The van der Waals surface area contributed by atoms with Crippen LogP contribution in [-0.2, 0) is 6.42 Å². The van der Waals surface area contributed by atoms with Crippen molar-refractivity contribution in [3.63, 3.8) is 0 Å². The first-order chi connectivity index (χ1) is 6.31. The summed E-state index contributed by atoms with van der Waals surface area (Å²) in [6.45, 7) is 0.620. The van der Waals surface area contributed by atoms with Crippen molar-refractivity contribution in [2.75, 3.05) is 6.54 Å². The van der Waals surface area contributed by atoms with Gasteiger partial charge in [0, 0.05) is 18.7 Å². The molecule has 4 N–H and O–H groups in total. The van der Waals surface area contributed by atoms with Gasteiger partial charge in [-0.05, 0) is 19.4 Å². The van der Waals surface area contributed by atoms with E-state index in [2.05, 4.69) is 10.3 Å². The van der Waals surface area contributed by atoms with E-state index in [0.717, 1.165) is 25.0 Å². The number of nitrogens with zero attached hydrogens (tertiary/aromatic N) is 3. The van der Waals surface area contributed by atoms with Crippen molar-refractivity contribution < 1.29 is 0 Å². The van der Waals surface area contributed by atoms with Crippen LogP contribution in [0.15, 0.2) is 6.20 Å². The molecule has 1 aromatic rings. The van der Waals surface area contributed by atoms with Gasteiger partial charge in [-0.25, -0.2) is 4.68 Å². The summed E-state index contributed by atoms with van der Waals surface area (Å²) in [4.78, 5) is 0. The molecule has 1 saturated carbocycles. The number of nitrogens with two attached hydrogens (primary N) is 2. The highest BCUT2D eigenvalue weighted by Crippen LogP contribution is 2.29. The zero-order chi connectivity index (χ0) is 9.26. The Kier molecular flexibility index (Phi) is 2.28. The molecule has 0 radical (unpaired) electrons. The van der Waals surface area contributed by atoms with Gasteiger partial charge in [0.2, 0.25) is 0 Å². The third-order valence-corrected chi connectivity index (χ3v) is 2.59. The molecule has 0 spiro atoms. The highest BCUT2D eigenvalue weighted by Gasteiger charge is 2.29. The Balaban J connectivity index is 2.04. The molecule has 5 nitrogen and oxygen atoms in total. The van der Waals surface area contributed by atoms with Gasteiger partial charge in [-0.3, -0.25) is 0 Å². The van der Waals surface area contributed by atoms with Crippen molar-refractivity contribution in [3.05, 3.63) is 11.9 Å². The van der Waals surface area contributed by atoms with Gasteiger partial charge in [-0.2, -0.15) is 0 Å². The molecule has 13 heavy (non-hydrogen) atoms. The molecular formula is C8H15N5. The maximum Gasteiger partial charge on any atom is 0.0839 e. The van der Waals surface area contributed by atoms with Crippen LogP contribution in [0.3, 0.4) is 0 Å². The molecule has 0 bridgehead atoms. The van der Waals surface area contributed by atoms with Gasteiger partial charge in [0.1, 0.15) is 0 Å². The van der Waals surface area contributed by atoms with E-state index in [-0.39, 0.29) is 6.04 Å². The molecule has 5 heteroatoms. The minimum absolute atomic E-state index is 0.257. The molecule has 0 aliphatic heterocycles. The van der Waals surface area contributed by atoms with Gasteiger partial charge in [0.25, 0.3) is 0 Å². The standard InChI is InChI=1S/C8H15N5/c9-4-3-6-5-13(12-11-6)8-2-1-7(8)10/h5,7-8H,1-4,9-10H2. The monoisotopic (exact) mass is 181 g/mol. The second kappa shape index (κ2) is 3.43. The lowest BCUT2D eigenvalue weighted by molar-refractivity contribution is 0.235. The molecule has 1 aliphatic carbocycles. The summed E-state index contributed by atoms with van der Waals surface area (Å²) in [5, 5.41) is 8.06. The highest BCUT2D eigenvalue weighted by molar-refractivity contribution is 4.97. The molecule has 2 rings (SSSR count). The fourth-order valence-electron chi connectivity index (χ4n) is 1.57. The smallest absolute Gasteiger partial charge is 0.0839 e. The molecule has 0 saturated heterocycles. The molecular weight excluding hydrogens is 166 g/mol. The highest BCUT2D eigenvalue weighted by atomic mass is 15.4. The average molecular weight is 181 g/mol. The summed E-state index contributed by atoms with van der Waals surface area (Å²) in [5.74, 6) is 0. The maximum absolute atomic E-state index is 5.82. The van der Waals surface area contributed by atoms with Crippen LogP contribution < -0.4 is 11.5 Å². The van der Waals surface area contributed by atoms with E-state index >= 15 is 0 Å². The zero-order valence-electron chi connectivity index (χ0n) is 7.56. The second-order valence-electron chi connectivity index (χ2n) is 3.54. The summed E-state index contributed by atoms with van der Waals surface area (Å²) in [5.41, 5.74) is 12.2. The number of hydrogen-bond acceptors (Lipinski definition) is 4. The van der Waals surface area contributed by atoms with Crippen LogP contribution in [0.25, 0.3) is 0 Å². The van der Waals surface area contributed by atoms with Crippen molar-refractivity contribution >= 4 is 0 Å². The molecule has 2 unspecified atom stereocenters. The lowest BCUT2D eigenvalue weighted by atomic mass is 9.87. The van der Waals surface area contributed by atoms with E-state index in [9.17, 15) is 0 Å². The van der Waals surface area contributed by atoms with Crippen LogP contribution >= 0.6 is 0 Å². The quantitative estimate of drug-likeness (QED) is 0.655. The van der Waals surface area contributed by atoms with E-state index < -0.39 is 0 Å². The zero-order valence-corrected chi connectivity index (χ0v) is 7.56.